The van der Waals surface area contributed by atoms with Gasteiger partial charge in [-0.25, -0.2) is 0 Å². The van der Waals surface area contributed by atoms with Gasteiger partial charge in [-0.2, -0.15) is 0 Å². The first-order valence-electron chi connectivity index (χ1n) is 5.96. The summed E-state index contributed by atoms with van der Waals surface area (Å²) in [6, 6.07) is 0.361. The van der Waals surface area contributed by atoms with Crippen molar-refractivity contribution in [2.24, 2.45) is 5.92 Å². The minimum Gasteiger partial charge on any atom is -0.390 e. The third-order valence-corrected chi connectivity index (χ3v) is 3.21. The number of nitrogens with zero attached hydrogens (tertiary/aromatic N) is 1. The molecule has 0 saturated carbocycles. The zero-order valence-electron chi connectivity index (χ0n) is 10.4. The molecule has 0 aromatic carbocycles. The molecule has 0 aliphatic carbocycles. The molecule has 1 heterocycles. The van der Waals surface area contributed by atoms with Crippen molar-refractivity contribution >= 4 is 12.2 Å². The molecule has 92 valence electrons. The Bertz CT molecular complexity index is 367. The van der Waals surface area contributed by atoms with E-state index < -0.39 is 0 Å². The Morgan fingerprint density at radius 3 is 2.62 bits per heavy atom. The molecule has 0 radical (unpaired) electrons. The molecule has 16 heavy (non-hydrogen) atoms. The van der Waals surface area contributed by atoms with E-state index in [1.165, 1.54) is 12.8 Å². The van der Waals surface area contributed by atoms with E-state index in [9.17, 15) is 5.11 Å². The van der Waals surface area contributed by atoms with Crippen molar-refractivity contribution in [1.82, 2.24) is 9.55 Å². The van der Waals surface area contributed by atoms with E-state index in [1.54, 1.807) is 6.20 Å². The monoisotopic (exact) mass is 242 g/mol. The normalized spacial score (nSPS) is 13.3. The van der Waals surface area contributed by atoms with Crippen molar-refractivity contribution in [2.75, 3.05) is 0 Å². The second-order valence-electron chi connectivity index (χ2n) is 4.79. The molecule has 1 atom stereocenters. The minimum atomic E-state index is 0.0433. The van der Waals surface area contributed by atoms with Crippen LogP contribution in [0.5, 0.6) is 0 Å². The van der Waals surface area contributed by atoms with E-state index in [0.29, 0.717) is 10.8 Å². The van der Waals surface area contributed by atoms with E-state index in [-0.39, 0.29) is 6.61 Å². The number of aliphatic hydroxyl groups excluding tert-OH is 1. The minimum absolute atomic E-state index is 0.0433. The highest BCUT2D eigenvalue weighted by molar-refractivity contribution is 7.71. The SMILES string of the molecule is CC(C)CCCC(C)n1c(CO)c[nH]c1=S. The maximum Gasteiger partial charge on any atom is 0.177 e. The van der Waals surface area contributed by atoms with Crippen LogP contribution in [0.3, 0.4) is 0 Å². The van der Waals surface area contributed by atoms with Crippen LogP contribution in [0.1, 0.15) is 51.8 Å². The van der Waals surface area contributed by atoms with Crippen molar-refractivity contribution in [3.8, 4) is 0 Å². The molecule has 1 aromatic rings. The van der Waals surface area contributed by atoms with Crippen LogP contribution < -0.4 is 0 Å². The number of hydrogen-bond donors (Lipinski definition) is 2. The van der Waals surface area contributed by atoms with E-state index in [0.717, 1.165) is 18.0 Å². The van der Waals surface area contributed by atoms with Gasteiger partial charge in [0.2, 0.25) is 0 Å². The molecule has 0 amide bonds. The van der Waals surface area contributed by atoms with Gasteiger partial charge in [0.15, 0.2) is 4.77 Å². The van der Waals surface area contributed by atoms with E-state index >= 15 is 0 Å². The van der Waals surface area contributed by atoms with Gasteiger partial charge in [0.05, 0.1) is 12.3 Å². The largest absolute Gasteiger partial charge is 0.390 e. The van der Waals surface area contributed by atoms with Gasteiger partial charge >= 0.3 is 0 Å². The fourth-order valence-corrected chi connectivity index (χ4v) is 2.33. The number of rotatable bonds is 6. The van der Waals surface area contributed by atoms with Crippen LogP contribution in [0, 0.1) is 10.7 Å². The molecule has 1 rings (SSSR count). The van der Waals surface area contributed by atoms with Crippen LogP contribution in [0.25, 0.3) is 0 Å². The lowest BCUT2D eigenvalue weighted by molar-refractivity contribution is 0.265. The van der Waals surface area contributed by atoms with Crippen LogP contribution in [0.4, 0.5) is 0 Å². The summed E-state index contributed by atoms with van der Waals surface area (Å²) in [7, 11) is 0. The molecule has 1 aromatic heterocycles. The van der Waals surface area contributed by atoms with Gasteiger partial charge in [0, 0.05) is 12.2 Å². The first-order valence-corrected chi connectivity index (χ1v) is 6.36. The van der Waals surface area contributed by atoms with Crippen molar-refractivity contribution in [1.29, 1.82) is 0 Å². The second-order valence-corrected chi connectivity index (χ2v) is 5.17. The van der Waals surface area contributed by atoms with Gasteiger partial charge < -0.3 is 14.7 Å². The Labute approximate surface area is 103 Å². The van der Waals surface area contributed by atoms with Gasteiger partial charge in [-0.3, -0.25) is 0 Å². The molecule has 4 heteroatoms. The predicted octanol–water partition coefficient (Wildman–Crippen LogP) is 3.43. The van der Waals surface area contributed by atoms with E-state index in [4.69, 9.17) is 12.2 Å². The number of H-pyrrole nitrogens is 1. The summed E-state index contributed by atoms with van der Waals surface area (Å²) in [6.07, 6.45) is 5.35. The molecule has 1 unspecified atom stereocenters. The molecule has 0 saturated heterocycles. The van der Waals surface area contributed by atoms with Gasteiger partial charge in [-0.1, -0.05) is 26.7 Å². The van der Waals surface area contributed by atoms with Crippen molar-refractivity contribution < 1.29 is 5.11 Å². The zero-order chi connectivity index (χ0) is 12.1. The Balaban J connectivity index is 2.61. The number of imidazole rings is 1. The topological polar surface area (TPSA) is 41.0 Å². The summed E-state index contributed by atoms with van der Waals surface area (Å²) in [5.74, 6) is 0.753. The zero-order valence-corrected chi connectivity index (χ0v) is 11.2. The summed E-state index contributed by atoms with van der Waals surface area (Å²) in [4.78, 5) is 2.99. The number of aromatic nitrogens is 2. The van der Waals surface area contributed by atoms with Crippen LogP contribution in [0.15, 0.2) is 6.20 Å². The molecule has 0 aliphatic rings. The quantitative estimate of drug-likeness (QED) is 0.750. The number of nitrogens with one attached hydrogen (secondary N) is 1. The van der Waals surface area contributed by atoms with Gasteiger partial charge in [0.25, 0.3) is 0 Å². The maximum absolute atomic E-state index is 9.21. The number of aromatic amines is 1. The fourth-order valence-electron chi connectivity index (χ4n) is 1.97. The van der Waals surface area contributed by atoms with Gasteiger partial charge in [-0.15, -0.1) is 0 Å². The first-order chi connectivity index (χ1) is 7.56. The van der Waals surface area contributed by atoms with Gasteiger partial charge in [-0.05, 0) is 31.5 Å². The molecule has 0 fully saturated rings. The van der Waals surface area contributed by atoms with Crippen LogP contribution in [-0.2, 0) is 6.61 Å². The molecular weight excluding hydrogens is 220 g/mol. The summed E-state index contributed by atoms with van der Waals surface area (Å²) >= 11 is 5.21. The molecule has 2 N–H and O–H groups in total. The van der Waals surface area contributed by atoms with E-state index in [2.05, 4.69) is 25.8 Å². The molecule has 0 spiro atoms. The van der Waals surface area contributed by atoms with Crippen LogP contribution in [-0.4, -0.2) is 14.7 Å². The second kappa shape index (κ2) is 6.21. The molecule has 0 bridgehead atoms. The number of hydrogen-bond acceptors (Lipinski definition) is 2. The highest BCUT2D eigenvalue weighted by atomic mass is 32.1. The van der Waals surface area contributed by atoms with Crippen molar-refractivity contribution in [3.05, 3.63) is 16.7 Å². The van der Waals surface area contributed by atoms with Crippen molar-refractivity contribution in [2.45, 2.75) is 52.7 Å². The molecule has 3 nitrogen and oxygen atoms in total. The lowest BCUT2D eigenvalue weighted by atomic mass is 10.0. The smallest absolute Gasteiger partial charge is 0.177 e. The lowest BCUT2D eigenvalue weighted by Crippen LogP contribution is -2.09. The van der Waals surface area contributed by atoms with Crippen molar-refractivity contribution in [3.63, 3.8) is 0 Å². The van der Waals surface area contributed by atoms with Gasteiger partial charge in [0.1, 0.15) is 0 Å². The average Bonchev–Trinajstić information content (AvgIpc) is 2.58. The first kappa shape index (κ1) is 13.5. The Kier molecular flexibility index (Phi) is 5.22. The summed E-state index contributed by atoms with van der Waals surface area (Å²) in [5, 5.41) is 9.21. The average molecular weight is 242 g/mol. The van der Waals surface area contributed by atoms with E-state index in [1.807, 2.05) is 4.57 Å². The third-order valence-electron chi connectivity index (χ3n) is 2.90. The highest BCUT2D eigenvalue weighted by Crippen LogP contribution is 2.19. The Morgan fingerprint density at radius 1 is 1.38 bits per heavy atom. The summed E-state index contributed by atoms with van der Waals surface area (Å²) < 4.78 is 2.73. The Hall–Kier alpha value is -0.610. The highest BCUT2D eigenvalue weighted by Gasteiger charge is 2.10. The Morgan fingerprint density at radius 2 is 2.06 bits per heavy atom. The van der Waals surface area contributed by atoms with Crippen LogP contribution in [0.2, 0.25) is 0 Å². The van der Waals surface area contributed by atoms with Crippen LogP contribution >= 0.6 is 12.2 Å². The third kappa shape index (κ3) is 3.46. The summed E-state index contributed by atoms with van der Waals surface area (Å²) in [5.41, 5.74) is 0.877. The molecule has 0 aliphatic heterocycles. The predicted molar refractivity (Wildman–Crippen MR) is 68.9 cm³/mol. The molecular formula is C12H22N2OS. The fraction of sp³-hybridized carbons (Fsp3) is 0.750. The number of aliphatic hydroxyl groups is 1. The maximum atomic E-state index is 9.21. The lowest BCUT2D eigenvalue weighted by Gasteiger charge is -2.16. The summed E-state index contributed by atoms with van der Waals surface area (Å²) in [6.45, 7) is 6.68. The standard InChI is InChI=1S/C12H22N2OS/c1-9(2)5-4-6-10(3)14-11(8-15)7-13-12(14)16/h7,9-10,15H,4-6,8H2,1-3H3,(H,13,16).